The van der Waals surface area contributed by atoms with Crippen molar-refractivity contribution in [3.8, 4) is 22.8 Å². The zero-order chi connectivity index (χ0) is 18.8. The highest BCUT2D eigenvalue weighted by Gasteiger charge is 2.34. The molecule has 27 heavy (non-hydrogen) atoms. The Balaban J connectivity index is 1.76. The Hall–Kier alpha value is -2.34. The highest BCUT2D eigenvalue weighted by atomic mass is 32.1. The highest BCUT2D eigenvalue weighted by molar-refractivity contribution is 7.07. The zero-order valence-electron chi connectivity index (χ0n) is 16.0. The van der Waals surface area contributed by atoms with Crippen LogP contribution in [0.1, 0.15) is 19.8 Å². The number of nitrogens with zero attached hydrogens (tertiary/aromatic N) is 3. The molecule has 1 aromatic heterocycles. The Labute approximate surface area is 163 Å². The minimum atomic E-state index is 0.516. The lowest BCUT2D eigenvalue weighted by Crippen LogP contribution is -2.15. The van der Waals surface area contributed by atoms with Crippen molar-refractivity contribution in [2.24, 2.45) is 27.8 Å². The summed E-state index contributed by atoms with van der Waals surface area (Å²) in [5.41, 5.74) is 1.92. The zero-order valence-corrected chi connectivity index (χ0v) is 16.8. The smallest absolute Gasteiger partial charge is 0.206 e. The lowest BCUT2D eigenvalue weighted by Gasteiger charge is -2.13. The Kier molecular flexibility index (Phi) is 5.16. The van der Waals surface area contributed by atoms with Gasteiger partial charge in [0, 0.05) is 29.6 Å². The number of fused-ring (bicyclic) bond motifs is 2. The van der Waals surface area contributed by atoms with Crippen LogP contribution < -0.4 is 14.3 Å². The molecule has 0 N–H and O–H groups in total. The van der Waals surface area contributed by atoms with Crippen molar-refractivity contribution >= 4 is 17.6 Å². The number of ether oxygens (including phenoxy) is 2. The third-order valence-corrected chi connectivity index (χ3v) is 6.22. The number of allylic oxidation sites excluding steroid dienone is 2. The molecule has 6 heteroatoms. The molecule has 142 valence electrons. The molecule has 0 radical (unpaired) electrons. The molecule has 2 bridgehead atoms. The summed E-state index contributed by atoms with van der Waals surface area (Å²) in [7, 11) is 3.36. The number of thiazole rings is 1. The van der Waals surface area contributed by atoms with E-state index in [1.54, 1.807) is 25.6 Å². The fourth-order valence-corrected chi connectivity index (χ4v) is 4.89. The molecule has 0 spiro atoms. The van der Waals surface area contributed by atoms with E-state index < -0.39 is 0 Å². The van der Waals surface area contributed by atoms with E-state index in [2.05, 4.69) is 28.7 Å². The van der Waals surface area contributed by atoms with Gasteiger partial charge in [0.1, 0.15) is 11.5 Å². The van der Waals surface area contributed by atoms with Gasteiger partial charge < -0.3 is 9.47 Å². The molecule has 1 fully saturated rings. The maximum absolute atomic E-state index is 5.59. The monoisotopic (exact) mass is 383 g/mol. The van der Waals surface area contributed by atoms with Gasteiger partial charge in [-0.15, -0.1) is 11.3 Å². The van der Waals surface area contributed by atoms with E-state index in [4.69, 9.17) is 14.6 Å². The third-order valence-electron chi connectivity index (χ3n) is 5.37. The van der Waals surface area contributed by atoms with Gasteiger partial charge in [0.2, 0.25) is 4.80 Å². The topological polar surface area (TPSA) is 48.1 Å². The van der Waals surface area contributed by atoms with Crippen LogP contribution in [0.4, 0.5) is 0 Å². The SMILES string of the molecule is CCN=c1scc(-c2cc(OC)ccc2OC)n1/N=C/C1CC2C=CC1C2. The number of aromatic nitrogens is 1. The summed E-state index contributed by atoms with van der Waals surface area (Å²) >= 11 is 1.60. The van der Waals surface area contributed by atoms with E-state index in [0.717, 1.165) is 40.0 Å². The predicted octanol–water partition coefficient (Wildman–Crippen LogP) is 4.20. The second-order valence-corrected chi connectivity index (χ2v) is 7.80. The van der Waals surface area contributed by atoms with Crippen LogP contribution in [0.25, 0.3) is 11.3 Å². The van der Waals surface area contributed by atoms with E-state index in [-0.39, 0.29) is 0 Å². The Morgan fingerprint density at radius 3 is 2.78 bits per heavy atom. The minimum absolute atomic E-state index is 0.516. The summed E-state index contributed by atoms with van der Waals surface area (Å²) in [5.74, 6) is 3.47. The predicted molar refractivity (Wildman–Crippen MR) is 110 cm³/mol. The van der Waals surface area contributed by atoms with Crippen LogP contribution in [-0.4, -0.2) is 31.7 Å². The van der Waals surface area contributed by atoms with E-state index in [1.807, 2.05) is 29.8 Å². The molecular weight excluding hydrogens is 358 g/mol. The second-order valence-electron chi connectivity index (χ2n) is 6.96. The molecule has 0 amide bonds. The van der Waals surface area contributed by atoms with Gasteiger partial charge in [0.25, 0.3) is 0 Å². The maximum atomic E-state index is 5.59. The molecular formula is C21H25N3O2S. The van der Waals surface area contributed by atoms with Crippen molar-refractivity contribution in [3.05, 3.63) is 40.5 Å². The van der Waals surface area contributed by atoms with Gasteiger partial charge in [-0.1, -0.05) is 12.2 Å². The molecule has 1 heterocycles. The number of hydrogen-bond acceptors (Lipinski definition) is 5. The molecule has 4 rings (SSSR count). The van der Waals surface area contributed by atoms with Crippen LogP contribution >= 0.6 is 11.3 Å². The normalized spacial score (nSPS) is 24.3. The van der Waals surface area contributed by atoms with Gasteiger partial charge >= 0.3 is 0 Å². The number of benzene rings is 1. The molecule has 2 aromatic rings. The first-order valence-electron chi connectivity index (χ1n) is 9.39. The molecule has 0 aliphatic heterocycles. The summed E-state index contributed by atoms with van der Waals surface area (Å²) in [4.78, 5) is 5.52. The van der Waals surface area contributed by atoms with E-state index in [0.29, 0.717) is 11.8 Å². The van der Waals surface area contributed by atoms with Gasteiger partial charge in [-0.25, -0.2) is 4.68 Å². The summed E-state index contributed by atoms with van der Waals surface area (Å²) in [6, 6.07) is 5.82. The average Bonchev–Trinajstić information content (AvgIpc) is 3.42. The molecule has 5 nitrogen and oxygen atoms in total. The highest BCUT2D eigenvalue weighted by Crippen LogP contribution is 2.42. The summed E-state index contributed by atoms with van der Waals surface area (Å²) in [5, 5.41) is 6.96. The quantitative estimate of drug-likeness (QED) is 0.554. The fraction of sp³-hybridized carbons (Fsp3) is 0.429. The van der Waals surface area contributed by atoms with E-state index in [1.165, 1.54) is 12.8 Å². The molecule has 3 unspecified atom stereocenters. The molecule has 2 aliphatic rings. The molecule has 0 saturated heterocycles. The maximum Gasteiger partial charge on any atom is 0.206 e. The largest absolute Gasteiger partial charge is 0.497 e. The van der Waals surface area contributed by atoms with Gasteiger partial charge in [-0.05, 0) is 49.8 Å². The van der Waals surface area contributed by atoms with Gasteiger partial charge in [0.15, 0.2) is 0 Å². The van der Waals surface area contributed by atoms with Crippen LogP contribution in [0.3, 0.4) is 0 Å². The van der Waals surface area contributed by atoms with E-state index in [9.17, 15) is 0 Å². The first-order chi connectivity index (χ1) is 13.2. The Bertz CT molecular complexity index is 941. The van der Waals surface area contributed by atoms with Crippen LogP contribution in [0.2, 0.25) is 0 Å². The van der Waals surface area contributed by atoms with Crippen molar-refractivity contribution in [1.29, 1.82) is 0 Å². The molecule has 1 aromatic carbocycles. The van der Waals surface area contributed by atoms with Crippen LogP contribution in [0.15, 0.2) is 45.8 Å². The summed E-state index contributed by atoms with van der Waals surface area (Å²) < 4.78 is 12.9. The first-order valence-corrected chi connectivity index (χ1v) is 10.3. The second kappa shape index (κ2) is 7.72. The molecule has 3 atom stereocenters. The minimum Gasteiger partial charge on any atom is -0.497 e. The van der Waals surface area contributed by atoms with Crippen LogP contribution in [0.5, 0.6) is 11.5 Å². The first kappa shape index (κ1) is 18.0. The van der Waals surface area contributed by atoms with Crippen LogP contribution in [-0.2, 0) is 0 Å². The van der Waals surface area contributed by atoms with Crippen molar-refractivity contribution in [1.82, 2.24) is 4.68 Å². The summed E-state index contributed by atoms with van der Waals surface area (Å²) in [6.07, 6.45) is 9.30. The summed E-state index contributed by atoms with van der Waals surface area (Å²) in [6.45, 7) is 2.77. The standard InChI is InChI=1S/C21H25N3O2S/c1-4-22-21-24(23-12-16-10-14-5-6-15(16)9-14)19(13-27-21)18-11-17(25-2)7-8-20(18)26-3/h5-8,11-16H,4,9-10H2,1-3H3/b22-21?,23-12+. The van der Waals surface area contributed by atoms with Crippen molar-refractivity contribution < 1.29 is 9.47 Å². The van der Waals surface area contributed by atoms with Crippen molar-refractivity contribution in [2.45, 2.75) is 19.8 Å². The van der Waals surface area contributed by atoms with Gasteiger partial charge in [-0.3, -0.25) is 4.99 Å². The van der Waals surface area contributed by atoms with Crippen molar-refractivity contribution in [2.75, 3.05) is 20.8 Å². The average molecular weight is 384 g/mol. The van der Waals surface area contributed by atoms with Gasteiger partial charge in [-0.2, -0.15) is 5.10 Å². The number of methoxy groups -OCH3 is 2. The third kappa shape index (κ3) is 3.46. The lowest BCUT2D eigenvalue weighted by molar-refractivity contribution is 0.404. The van der Waals surface area contributed by atoms with E-state index >= 15 is 0 Å². The molecule has 1 saturated carbocycles. The fourth-order valence-electron chi connectivity index (χ4n) is 4.00. The van der Waals surface area contributed by atoms with Crippen LogP contribution in [0, 0.1) is 17.8 Å². The Morgan fingerprint density at radius 2 is 2.11 bits per heavy atom. The van der Waals surface area contributed by atoms with Gasteiger partial charge in [0.05, 0.1) is 19.9 Å². The number of rotatable bonds is 6. The Morgan fingerprint density at radius 1 is 1.22 bits per heavy atom. The number of hydrogen-bond donors (Lipinski definition) is 0. The molecule has 2 aliphatic carbocycles. The lowest BCUT2D eigenvalue weighted by atomic mass is 9.95. The van der Waals surface area contributed by atoms with Crippen molar-refractivity contribution in [3.63, 3.8) is 0 Å².